The summed E-state index contributed by atoms with van der Waals surface area (Å²) in [4.78, 5) is 12.2. The molecule has 0 N–H and O–H groups in total. The van der Waals surface area contributed by atoms with E-state index in [4.69, 9.17) is 0 Å². The van der Waals surface area contributed by atoms with E-state index in [0.717, 1.165) is 12.2 Å². The van der Waals surface area contributed by atoms with Gasteiger partial charge in [-0.05, 0) is 32.7 Å². The number of carbonyl (C=O) groups excluding carboxylic acids is 1. The summed E-state index contributed by atoms with van der Waals surface area (Å²) in [5.74, 6) is 0.866. The lowest BCUT2D eigenvalue weighted by atomic mass is 10.2. The Hall–Kier alpha value is -0.370. The minimum absolute atomic E-state index is 0.581. The molecule has 0 aliphatic heterocycles. The average molecular weight is 141 g/mol. The van der Waals surface area contributed by atoms with E-state index < -0.39 is 0 Å². The molecule has 0 aromatic carbocycles. The summed E-state index contributed by atoms with van der Waals surface area (Å²) in [6.07, 6.45) is 3.67. The van der Waals surface area contributed by atoms with Gasteiger partial charge in [-0.2, -0.15) is 0 Å². The molecule has 0 aromatic heterocycles. The van der Waals surface area contributed by atoms with Crippen molar-refractivity contribution in [2.75, 3.05) is 13.6 Å². The minimum atomic E-state index is 0.581. The average Bonchev–Trinajstić information content (AvgIpc) is 2.68. The quantitative estimate of drug-likeness (QED) is 0.542. The third kappa shape index (κ3) is 1.81. The Kier molecular flexibility index (Phi) is 2.44. The molecule has 1 rings (SSSR count). The molecule has 0 saturated heterocycles. The normalized spacial score (nSPS) is 21.1. The lowest BCUT2D eigenvalue weighted by Crippen LogP contribution is -2.32. The number of nitrogens with zero attached hydrogens (tertiary/aromatic N) is 1. The van der Waals surface area contributed by atoms with Crippen LogP contribution in [0.4, 0.5) is 0 Å². The zero-order valence-electron chi connectivity index (χ0n) is 6.71. The molecule has 58 valence electrons. The van der Waals surface area contributed by atoms with Gasteiger partial charge >= 0.3 is 0 Å². The van der Waals surface area contributed by atoms with Gasteiger partial charge in [0, 0.05) is 6.04 Å². The Morgan fingerprint density at radius 1 is 1.70 bits per heavy atom. The Bertz CT molecular complexity index is 120. The molecule has 1 saturated carbocycles. The number of rotatable bonds is 4. The molecular weight excluding hydrogens is 126 g/mol. The Labute approximate surface area is 62.2 Å². The summed E-state index contributed by atoms with van der Waals surface area (Å²) in [5, 5.41) is 0. The molecule has 1 fully saturated rings. The predicted octanol–water partition coefficient (Wildman–Crippen LogP) is 0.916. The van der Waals surface area contributed by atoms with E-state index in [1.54, 1.807) is 0 Å². The maximum atomic E-state index is 10.1. The largest absolute Gasteiger partial charge is 0.302 e. The first-order valence-corrected chi connectivity index (χ1v) is 3.89. The van der Waals surface area contributed by atoms with Crippen LogP contribution in [0.25, 0.3) is 0 Å². The van der Waals surface area contributed by atoms with Crippen molar-refractivity contribution in [2.24, 2.45) is 5.92 Å². The van der Waals surface area contributed by atoms with Crippen LogP contribution in [0.15, 0.2) is 0 Å². The fourth-order valence-corrected chi connectivity index (χ4v) is 1.22. The second-order valence-corrected chi connectivity index (χ2v) is 3.18. The maximum Gasteiger partial charge on any atom is 0.133 e. The first-order chi connectivity index (χ1) is 4.75. The van der Waals surface area contributed by atoms with E-state index in [2.05, 4.69) is 11.8 Å². The summed E-state index contributed by atoms with van der Waals surface area (Å²) in [5.41, 5.74) is 0. The van der Waals surface area contributed by atoms with Gasteiger partial charge in [-0.15, -0.1) is 0 Å². The number of aldehydes is 1. The van der Waals surface area contributed by atoms with Crippen molar-refractivity contribution >= 4 is 6.29 Å². The second kappa shape index (κ2) is 3.15. The van der Waals surface area contributed by atoms with Gasteiger partial charge in [-0.3, -0.25) is 4.90 Å². The van der Waals surface area contributed by atoms with Crippen LogP contribution in [0, 0.1) is 5.92 Å². The van der Waals surface area contributed by atoms with Crippen LogP contribution in [0.5, 0.6) is 0 Å². The van der Waals surface area contributed by atoms with Crippen LogP contribution in [0.3, 0.4) is 0 Å². The van der Waals surface area contributed by atoms with E-state index in [0.29, 0.717) is 12.6 Å². The van der Waals surface area contributed by atoms with E-state index in [-0.39, 0.29) is 0 Å². The van der Waals surface area contributed by atoms with Gasteiger partial charge < -0.3 is 4.79 Å². The van der Waals surface area contributed by atoms with E-state index in [1.807, 2.05) is 7.05 Å². The molecule has 1 atom stereocenters. The summed E-state index contributed by atoms with van der Waals surface area (Å²) in [6.45, 7) is 2.78. The van der Waals surface area contributed by atoms with Crippen LogP contribution in [-0.2, 0) is 4.79 Å². The van der Waals surface area contributed by atoms with Gasteiger partial charge in [-0.25, -0.2) is 0 Å². The minimum Gasteiger partial charge on any atom is -0.302 e. The van der Waals surface area contributed by atoms with Crippen LogP contribution in [-0.4, -0.2) is 30.8 Å². The van der Waals surface area contributed by atoms with Crippen molar-refractivity contribution in [2.45, 2.75) is 25.8 Å². The third-order valence-corrected chi connectivity index (χ3v) is 2.36. The van der Waals surface area contributed by atoms with Gasteiger partial charge in [0.05, 0.1) is 6.54 Å². The topological polar surface area (TPSA) is 20.3 Å². The molecule has 0 bridgehead atoms. The van der Waals surface area contributed by atoms with Crippen molar-refractivity contribution in [1.29, 1.82) is 0 Å². The highest BCUT2D eigenvalue weighted by atomic mass is 16.1. The van der Waals surface area contributed by atoms with Crippen molar-refractivity contribution in [3.05, 3.63) is 0 Å². The fourth-order valence-electron chi connectivity index (χ4n) is 1.22. The van der Waals surface area contributed by atoms with Gasteiger partial charge in [0.1, 0.15) is 6.29 Å². The lowest BCUT2D eigenvalue weighted by Gasteiger charge is -2.21. The zero-order chi connectivity index (χ0) is 7.56. The molecule has 1 unspecified atom stereocenters. The van der Waals surface area contributed by atoms with Crippen molar-refractivity contribution in [3.8, 4) is 0 Å². The SMILES string of the molecule is CC(C1CC1)N(C)CC=O. The standard InChI is InChI=1S/C8H15NO/c1-7(8-3-4-8)9(2)5-6-10/h6-8H,3-5H2,1-2H3. The van der Waals surface area contributed by atoms with E-state index in [9.17, 15) is 4.79 Å². The van der Waals surface area contributed by atoms with Gasteiger partial charge in [0.15, 0.2) is 0 Å². The monoisotopic (exact) mass is 141 g/mol. The number of likely N-dealkylation sites (N-methyl/N-ethyl adjacent to an activating group) is 1. The Morgan fingerprint density at radius 3 is 2.70 bits per heavy atom. The Morgan fingerprint density at radius 2 is 2.30 bits per heavy atom. The smallest absolute Gasteiger partial charge is 0.133 e. The molecule has 1 aliphatic rings. The number of carbonyl (C=O) groups is 1. The highest BCUT2D eigenvalue weighted by Gasteiger charge is 2.29. The third-order valence-electron chi connectivity index (χ3n) is 2.36. The van der Waals surface area contributed by atoms with Crippen molar-refractivity contribution in [3.63, 3.8) is 0 Å². The molecule has 10 heavy (non-hydrogen) atoms. The van der Waals surface area contributed by atoms with E-state index in [1.165, 1.54) is 12.8 Å². The first kappa shape index (κ1) is 7.73. The van der Waals surface area contributed by atoms with E-state index >= 15 is 0 Å². The molecule has 0 spiro atoms. The van der Waals surface area contributed by atoms with Gasteiger partial charge in [-0.1, -0.05) is 0 Å². The van der Waals surface area contributed by atoms with Crippen LogP contribution in [0.1, 0.15) is 19.8 Å². The van der Waals surface area contributed by atoms with Gasteiger partial charge in [0.2, 0.25) is 0 Å². The Balaban J connectivity index is 2.23. The molecule has 2 nitrogen and oxygen atoms in total. The molecule has 0 aromatic rings. The summed E-state index contributed by atoms with van der Waals surface area (Å²) < 4.78 is 0. The highest BCUT2D eigenvalue weighted by molar-refractivity contribution is 5.51. The molecule has 1 aliphatic carbocycles. The fraction of sp³-hybridized carbons (Fsp3) is 0.875. The molecular formula is C8H15NO. The maximum absolute atomic E-state index is 10.1. The van der Waals surface area contributed by atoms with Crippen LogP contribution in [0.2, 0.25) is 0 Å². The van der Waals surface area contributed by atoms with Crippen molar-refractivity contribution < 1.29 is 4.79 Å². The summed E-state index contributed by atoms with van der Waals surface area (Å²) >= 11 is 0. The molecule has 2 heteroatoms. The number of hydrogen-bond acceptors (Lipinski definition) is 2. The molecule has 0 heterocycles. The predicted molar refractivity (Wildman–Crippen MR) is 40.9 cm³/mol. The van der Waals surface area contributed by atoms with Gasteiger partial charge in [0.25, 0.3) is 0 Å². The second-order valence-electron chi connectivity index (χ2n) is 3.18. The zero-order valence-corrected chi connectivity index (χ0v) is 6.71. The number of hydrogen-bond donors (Lipinski definition) is 0. The van der Waals surface area contributed by atoms with Crippen LogP contribution < -0.4 is 0 Å². The van der Waals surface area contributed by atoms with Crippen LogP contribution >= 0.6 is 0 Å². The first-order valence-electron chi connectivity index (χ1n) is 3.89. The van der Waals surface area contributed by atoms with Crippen molar-refractivity contribution in [1.82, 2.24) is 4.90 Å². The highest BCUT2D eigenvalue weighted by Crippen LogP contribution is 2.34. The molecule has 0 amide bonds. The molecule has 0 radical (unpaired) electrons. The lowest BCUT2D eigenvalue weighted by molar-refractivity contribution is -0.109. The summed E-state index contributed by atoms with van der Waals surface area (Å²) in [7, 11) is 2.01. The summed E-state index contributed by atoms with van der Waals surface area (Å²) in [6, 6.07) is 0.602.